The third kappa shape index (κ3) is 14.7. The van der Waals surface area contributed by atoms with Gasteiger partial charge in [0.15, 0.2) is 0 Å². The molecule has 3 heterocycles. The molecule has 0 aliphatic carbocycles. The van der Waals surface area contributed by atoms with E-state index in [1.807, 2.05) is 84.9 Å². The van der Waals surface area contributed by atoms with Gasteiger partial charge in [-0.05, 0) is 108 Å². The number of likely N-dealkylation sites (tertiary alicyclic amines) is 1. The van der Waals surface area contributed by atoms with Gasteiger partial charge in [-0.1, -0.05) is 52.0 Å². The number of amides is 2. The van der Waals surface area contributed by atoms with Crippen molar-refractivity contribution in [2.24, 2.45) is 4.99 Å². The van der Waals surface area contributed by atoms with Gasteiger partial charge in [-0.25, -0.2) is 9.79 Å². The number of carbonyl (C=O) groups excluding carboxylic acids is 2. The molecule has 0 saturated carbocycles. The molecule has 1 atom stereocenters. The minimum absolute atomic E-state index is 0.0239. The van der Waals surface area contributed by atoms with Gasteiger partial charge in [-0.15, -0.1) is 0 Å². The summed E-state index contributed by atoms with van der Waals surface area (Å²) in [6.07, 6.45) is 9.02. The standard InChI is InChI=1S/C32H40N6O3.C6H14O.C2H6/c1-7-33-29-26(21(2)3)18-27(37-29)23-10-12-24(13-11-23)35-30(39)28-17-22(14-15-34-28)19-38-16-8-9-25(20-38)36-31(40)41-32(4,5)6;1-3-5-7-6-4-2;1-2/h7,10-15,17-18,25H,1,8-9,16,19-20H2,2-6H3,(H,33,37)(H,35,39)(H,36,40);3-6H2,1-2H3;1-2H3. The number of anilines is 1. The van der Waals surface area contributed by atoms with Crippen molar-refractivity contribution in [1.29, 1.82) is 0 Å². The minimum Gasteiger partial charge on any atom is -0.444 e. The zero-order chi connectivity index (χ0) is 37.1. The molecule has 1 aromatic carbocycles. The van der Waals surface area contributed by atoms with Crippen LogP contribution in [0.25, 0.3) is 5.70 Å². The highest BCUT2D eigenvalue weighted by Crippen LogP contribution is 2.25. The van der Waals surface area contributed by atoms with Gasteiger partial charge in [0, 0.05) is 61.7 Å². The number of pyridine rings is 1. The number of nitrogens with zero attached hydrogens (tertiary/aromatic N) is 3. The van der Waals surface area contributed by atoms with E-state index in [0.29, 0.717) is 17.9 Å². The van der Waals surface area contributed by atoms with Crippen LogP contribution in [0.5, 0.6) is 0 Å². The summed E-state index contributed by atoms with van der Waals surface area (Å²) in [6.45, 7) is 25.7. The van der Waals surface area contributed by atoms with Crippen LogP contribution in [0.3, 0.4) is 0 Å². The molecule has 2 aliphatic heterocycles. The number of aromatic nitrogens is 1. The first kappa shape index (κ1) is 41.9. The summed E-state index contributed by atoms with van der Waals surface area (Å²) in [7, 11) is 0. The predicted molar refractivity (Wildman–Crippen MR) is 206 cm³/mol. The minimum atomic E-state index is -0.528. The van der Waals surface area contributed by atoms with Crippen molar-refractivity contribution < 1.29 is 19.1 Å². The van der Waals surface area contributed by atoms with Crippen LogP contribution in [0, 0.1) is 0 Å². The Morgan fingerprint density at radius 1 is 1.10 bits per heavy atom. The molecule has 1 aromatic heterocycles. The summed E-state index contributed by atoms with van der Waals surface area (Å²) in [5.41, 5.74) is 5.62. The Hall–Kier alpha value is -4.28. The lowest BCUT2D eigenvalue weighted by molar-refractivity contribution is 0.0470. The van der Waals surface area contributed by atoms with Crippen LogP contribution in [0.2, 0.25) is 0 Å². The number of rotatable bonds is 11. The maximum atomic E-state index is 13.0. The number of alkyl carbamates (subject to hydrolysis) is 1. The lowest BCUT2D eigenvalue weighted by atomic mass is 10.0. The Balaban J connectivity index is 0.000000858. The maximum Gasteiger partial charge on any atom is 0.407 e. The van der Waals surface area contributed by atoms with Gasteiger partial charge in [-0.3, -0.25) is 14.7 Å². The van der Waals surface area contributed by atoms with Gasteiger partial charge in [0.05, 0.1) is 0 Å². The van der Waals surface area contributed by atoms with E-state index in [-0.39, 0.29) is 18.0 Å². The largest absolute Gasteiger partial charge is 0.444 e. The molecule has 50 heavy (non-hydrogen) atoms. The van der Waals surface area contributed by atoms with E-state index in [2.05, 4.69) is 57.3 Å². The average Bonchev–Trinajstić information content (AvgIpc) is 3.50. The van der Waals surface area contributed by atoms with Gasteiger partial charge in [0.2, 0.25) is 0 Å². The van der Waals surface area contributed by atoms with E-state index < -0.39 is 5.60 Å². The van der Waals surface area contributed by atoms with Crippen molar-refractivity contribution in [2.75, 3.05) is 31.6 Å². The molecule has 4 rings (SSSR count). The quantitative estimate of drug-likeness (QED) is 0.203. The van der Waals surface area contributed by atoms with Crippen LogP contribution in [-0.2, 0) is 16.0 Å². The second-order valence-corrected chi connectivity index (χ2v) is 13.2. The van der Waals surface area contributed by atoms with E-state index in [4.69, 9.17) is 9.47 Å². The van der Waals surface area contributed by atoms with Crippen molar-refractivity contribution in [3.05, 3.63) is 89.4 Å². The Morgan fingerprint density at radius 3 is 2.38 bits per heavy atom. The molecule has 2 aliphatic rings. The third-order valence-electron chi connectivity index (χ3n) is 7.40. The third-order valence-corrected chi connectivity index (χ3v) is 7.40. The summed E-state index contributed by atoms with van der Waals surface area (Å²) in [4.78, 5) is 36.1. The average molecular weight is 689 g/mol. The number of amidine groups is 1. The van der Waals surface area contributed by atoms with Crippen molar-refractivity contribution in [3.63, 3.8) is 0 Å². The first-order valence-electron chi connectivity index (χ1n) is 17.9. The molecule has 3 N–H and O–H groups in total. The van der Waals surface area contributed by atoms with Crippen LogP contribution in [0.4, 0.5) is 10.5 Å². The first-order chi connectivity index (χ1) is 23.9. The number of aliphatic imine (C=N–C) groups is 1. The molecule has 1 saturated heterocycles. The Labute approximate surface area is 300 Å². The SMILES string of the molecule is C=CN=C1NC(c2ccc(NC(=O)c3cc(CN4CCCC(NC(=O)OC(C)(C)C)C4)ccn3)cc2)=CC1=C(C)C.CC.CCCOCCC. The van der Waals surface area contributed by atoms with Crippen LogP contribution in [-0.4, -0.2) is 65.7 Å². The van der Waals surface area contributed by atoms with Gasteiger partial charge >= 0.3 is 6.09 Å². The molecule has 274 valence electrons. The summed E-state index contributed by atoms with van der Waals surface area (Å²) in [6, 6.07) is 11.4. The van der Waals surface area contributed by atoms with Crippen LogP contribution < -0.4 is 16.0 Å². The van der Waals surface area contributed by atoms with Gasteiger partial charge in [0.1, 0.15) is 17.1 Å². The fourth-order valence-corrected chi connectivity index (χ4v) is 5.24. The predicted octanol–water partition coefficient (Wildman–Crippen LogP) is 8.49. The Bertz CT molecular complexity index is 1470. The number of carbonyl (C=O) groups is 2. The van der Waals surface area contributed by atoms with Crippen molar-refractivity contribution in [3.8, 4) is 0 Å². The number of hydrogen-bond acceptors (Lipinski definition) is 7. The summed E-state index contributed by atoms with van der Waals surface area (Å²) in [5.74, 6) is 0.505. The molecule has 1 unspecified atom stereocenters. The molecule has 0 spiro atoms. The maximum absolute atomic E-state index is 13.0. The van der Waals surface area contributed by atoms with Crippen LogP contribution in [0.15, 0.2) is 77.6 Å². The van der Waals surface area contributed by atoms with Crippen molar-refractivity contribution in [2.45, 2.75) is 106 Å². The van der Waals surface area contributed by atoms with E-state index in [1.165, 1.54) is 6.20 Å². The topological polar surface area (TPSA) is 117 Å². The van der Waals surface area contributed by atoms with Gasteiger partial charge in [0.25, 0.3) is 5.91 Å². The number of piperidine rings is 1. The summed E-state index contributed by atoms with van der Waals surface area (Å²) in [5, 5.41) is 9.27. The monoisotopic (exact) mass is 688 g/mol. The lowest BCUT2D eigenvalue weighted by Crippen LogP contribution is -2.48. The van der Waals surface area contributed by atoms with E-state index in [1.54, 1.807) is 6.20 Å². The molecular formula is C40H60N6O4. The van der Waals surface area contributed by atoms with E-state index in [0.717, 1.165) is 85.8 Å². The van der Waals surface area contributed by atoms with Crippen molar-refractivity contribution in [1.82, 2.24) is 20.5 Å². The second kappa shape index (κ2) is 21.7. The zero-order valence-electron chi connectivity index (χ0n) is 31.8. The normalized spacial score (nSPS) is 16.5. The number of ether oxygens (including phenoxy) is 2. The molecule has 0 radical (unpaired) electrons. The van der Waals surface area contributed by atoms with Crippen molar-refractivity contribution >= 4 is 29.2 Å². The van der Waals surface area contributed by atoms with E-state index in [9.17, 15) is 9.59 Å². The van der Waals surface area contributed by atoms with Crippen LogP contribution in [0.1, 0.15) is 110 Å². The second-order valence-electron chi connectivity index (χ2n) is 13.2. The van der Waals surface area contributed by atoms with Gasteiger partial charge in [-0.2, -0.15) is 0 Å². The number of allylic oxidation sites excluding steroid dienone is 1. The lowest BCUT2D eigenvalue weighted by Gasteiger charge is -2.33. The van der Waals surface area contributed by atoms with Crippen LogP contribution >= 0.6 is 0 Å². The zero-order valence-corrected chi connectivity index (χ0v) is 31.8. The number of hydrogen-bond donors (Lipinski definition) is 3. The molecule has 0 bridgehead atoms. The summed E-state index contributed by atoms with van der Waals surface area (Å²) < 4.78 is 10.5. The highest BCUT2D eigenvalue weighted by atomic mass is 16.6. The molecule has 2 aromatic rings. The highest BCUT2D eigenvalue weighted by Gasteiger charge is 2.24. The molecular weight excluding hydrogens is 628 g/mol. The van der Waals surface area contributed by atoms with E-state index >= 15 is 0 Å². The molecule has 1 fully saturated rings. The molecule has 10 nitrogen and oxygen atoms in total. The fourth-order valence-electron chi connectivity index (χ4n) is 5.24. The fraction of sp³-hybridized carbons (Fsp3) is 0.500. The first-order valence-corrected chi connectivity index (χ1v) is 17.9. The smallest absolute Gasteiger partial charge is 0.407 e. The Morgan fingerprint density at radius 2 is 1.78 bits per heavy atom. The summed E-state index contributed by atoms with van der Waals surface area (Å²) >= 11 is 0. The number of nitrogens with one attached hydrogen (secondary N) is 3. The van der Waals surface area contributed by atoms with Gasteiger partial charge < -0.3 is 25.4 Å². The highest BCUT2D eigenvalue weighted by molar-refractivity contribution is 6.12. The Kier molecular flexibility index (Phi) is 18.2. The molecule has 10 heteroatoms. The molecule has 2 amide bonds. The number of benzene rings is 1.